The van der Waals surface area contributed by atoms with Crippen molar-refractivity contribution in [2.45, 2.75) is 6.10 Å². The molecule has 1 atom stereocenters. The fraction of sp³-hybridized carbons (Fsp3) is 0.857. The third-order valence-electron chi connectivity index (χ3n) is 1.22. The van der Waals surface area contributed by atoms with E-state index in [1.807, 2.05) is 43.7 Å². The fourth-order valence-corrected chi connectivity index (χ4v) is 1.22. The molecule has 0 aromatic rings. The SMILES string of the molecule is C[N+](C)(C)CC(O)C(=O)CI.[I-]. The second kappa shape index (κ2) is 6.50. The van der Waals surface area contributed by atoms with E-state index < -0.39 is 6.10 Å². The molecule has 0 rings (SSSR count). The summed E-state index contributed by atoms with van der Waals surface area (Å²) in [4.78, 5) is 10.9. The summed E-state index contributed by atoms with van der Waals surface area (Å²) in [5.74, 6) is -0.0846. The molecule has 0 amide bonds. The van der Waals surface area contributed by atoms with E-state index in [9.17, 15) is 9.90 Å². The first kappa shape index (κ1) is 15.5. The number of ketones is 1. The van der Waals surface area contributed by atoms with Crippen molar-refractivity contribution >= 4 is 28.4 Å². The third-order valence-corrected chi connectivity index (χ3v) is 1.98. The van der Waals surface area contributed by atoms with Gasteiger partial charge < -0.3 is 33.6 Å². The smallest absolute Gasteiger partial charge is 0.176 e. The molecule has 0 fully saturated rings. The van der Waals surface area contributed by atoms with Crippen LogP contribution >= 0.6 is 22.6 Å². The van der Waals surface area contributed by atoms with Crippen molar-refractivity contribution in [2.24, 2.45) is 0 Å². The molecule has 0 saturated carbocycles. The lowest BCUT2D eigenvalue weighted by atomic mass is 10.2. The van der Waals surface area contributed by atoms with E-state index in [4.69, 9.17) is 0 Å². The Balaban J connectivity index is 0. The minimum Gasteiger partial charge on any atom is -1.00 e. The van der Waals surface area contributed by atoms with Crippen molar-refractivity contribution in [2.75, 3.05) is 32.1 Å². The molecule has 0 bridgehead atoms. The minimum absolute atomic E-state index is 0. The summed E-state index contributed by atoms with van der Waals surface area (Å²) in [6, 6.07) is 0. The molecule has 3 nitrogen and oxygen atoms in total. The molecule has 74 valence electrons. The molecule has 0 aromatic carbocycles. The quantitative estimate of drug-likeness (QED) is 0.312. The summed E-state index contributed by atoms with van der Waals surface area (Å²) < 4.78 is 1.00. The van der Waals surface area contributed by atoms with Gasteiger partial charge in [0.15, 0.2) is 11.9 Å². The molecule has 0 radical (unpaired) electrons. The van der Waals surface area contributed by atoms with Crippen molar-refractivity contribution in [3.05, 3.63) is 0 Å². The third kappa shape index (κ3) is 7.69. The Morgan fingerprint density at radius 2 is 1.92 bits per heavy atom. The van der Waals surface area contributed by atoms with E-state index in [1.54, 1.807) is 0 Å². The van der Waals surface area contributed by atoms with E-state index in [1.165, 1.54) is 0 Å². The van der Waals surface area contributed by atoms with E-state index in [-0.39, 0.29) is 29.8 Å². The Hall–Kier alpha value is 1.05. The van der Waals surface area contributed by atoms with Gasteiger partial charge in [0, 0.05) is 0 Å². The van der Waals surface area contributed by atoms with Gasteiger partial charge in [-0.15, -0.1) is 0 Å². The highest BCUT2D eigenvalue weighted by atomic mass is 127. The second-order valence-electron chi connectivity index (χ2n) is 3.59. The van der Waals surface area contributed by atoms with Gasteiger partial charge >= 0.3 is 0 Å². The van der Waals surface area contributed by atoms with Gasteiger partial charge in [-0.25, -0.2) is 0 Å². The highest BCUT2D eigenvalue weighted by molar-refractivity contribution is 14.1. The Kier molecular flexibility index (Phi) is 8.40. The lowest BCUT2D eigenvalue weighted by Gasteiger charge is -2.25. The number of quaternary nitrogens is 1. The molecule has 0 saturated heterocycles. The van der Waals surface area contributed by atoms with Crippen LogP contribution in [0, 0.1) is 0 Å². The monoisotopic (exact) mass is 399 g/mol. The summed E-state index contributed by atoms with van der Waals surface area (Å²) in [6.07, 6.45) is -0.799. The van der Waals surface area contributed by atoms with E-state index in [2.05, 4.69) is 0 Å². The molecule has 0 aliphatic heterocycles. The molecule has 0 aromatic heterocycles. The van der Waals surface area contributed by atoms with Crippen molar-refractivity contribution in [1.29, 1.82) is 0 Å². The van der Waals surface area contributed by atoms with Crippen LogP contribution in [0.3, 0.4) is 0 Å². The number of aliphatic hydroxyl groups is 1. The molecule has 0 spiro atoms. The largest absolute Gasteiger partial charge is 1.00 e. The number of carbonyl (C=O) groups excluding carboxylic acids is 1. The van der Waals surface area contributed by atoms with Gasteiger partial charge in [-0.1, -0.05) is 22.6 Å². The van der Waals surface area contributed by atoms with Crippen LogP contribution in [-0.2, 0) is 4.79 Å². The van der Waals surface area contributed by atoms with Crippen molar-refractivity contribution in [3.63, 3.8) is 0 Å². The topological polar surface area (TPSA) is 37.3 Å². The first-order valence-corrected chi connectivity index (χ1v) is 4.96. The molecule has 1 unspecified atom stereocenters. The fourth-order valence-electron chi connectivity index (χ4n) is 0.710. The summed E-state index contributed by atoms with van der Waals surface area (Å²) in [7, 11) is 5.84. The Labute approximate surface area is 104 Å². The average Bonchev–Trinajstić information content (AvgIpc) is 1.82. The molecule has 5 heteroatoms. The number of alkyl halides is 1. The molecular formula is C7H15I2NO2. The minimum atomic E-state index is -0.799. The van der Waals surface area contributed by atoms with Gasteiger partial charge in [-0.3, -0.25) is 4.79 Å². The van der Waals surface area contributed by atoms with Crippen LogP contribution in [0.25, 0.3) is 0 Å². The summed E-state index contributed by atoms with van der Waals surface area (Å²) in [5, 5.41) is 9.28. The number of nitrogens with zero attached hydrogens (tertiary/aromatic N) is 1. The number of rotatable bonds is 4. The van der Waals surface area contributed by atoms with Gasteiger partial charge in [0.1, 0.15) is 6.54 Å². The number of aliphatic hydroxyl groups excluding tert-OH is 1. The van der Waals surface area contributed by atoms with Gasteiger partial charge in [-0.2, -0.15) is 0 Å². The number of halogens is 2. The predicted octanol–water partition coefficient (Wildman–Crippen LogP) is -2.94. The Morgan fingerprint density at radius 3 is 2.17 bits per heavy atom. The number of likely N-dealkylation sites (N-methyl/N-ethyl adjacent to an activating group) is 1. The van der Waals surface area contributed by atoms with Crippen LogP contribution in [0.2, 0.25) is 0 Å². The first-order valence-electron chi connectivity index (χ1n) is 3.44. The van der Waals surface area contributed by atoms with Crippen LogP contribution in [0.4, 0.5) is 0 Å². The lowest BCUT2D eigenvalue weighted by Crippen LogP contribution is -3.00. The summed E-state index contributed by atoms with van der Waals surface area (Å²) >= 11 is 1.96. The zero-order valence-electron chi connectivity index (χ0n) is 7.55. The standard InChI is InChI=1S/C7H15INO2.HI/c1-9(2,3)5-7(11)6(10)4-8;/h7,11H,4-5H2,1-3H3;1H/q+1;/p-1. The molecule has 0 aliphatic carbocycles. The maximum atomic E-state index is 10.9. The van der Waals surface area contributed by atoms with Crippen LogP contribution in [0.5, 0.6) is 0 Å². The lowest BCUT2D eigenvalue weighted by molar-refractivity contribution is -0.872. The second-order valence-corrected chi connectivity index (χ2v) is 4.35. The average molecular weight is 399 g/mol. The van der Waals surface area contributed by atoms with Crippen LogP contribution in [0.15, 0.2) is 0 Å². The molecular weight excluding hydrogens is 384 g/mol. The normalized spacial score (nSPS) is 13.4. The number of hydrogen-bond donors (Lipinski definition) is 1. The highest BCUT2D eigenvalue weighted by Gasteiger charge is 2.20. The van der Waals surface area contributed by atoms with Crippen LogP contribution in [0.1, 0.15) is 0 Å². The maximum Gasteiger partial charge on any atom is 0.176 e. The van der Waals surface area contributed by atoms with E-state index >= 15 is 0 Å². The number of Topliss-reactive ketones (excluding diaryl/α,β-unsaturated/α-hetero) is 1. The molecule has 1 N–H and O–H groups in total. The summed E-state index contributed by atoms with van der Waals surface area (Å²) in [5.41, 5.74) is 0. The molecule has 0 heterocycles. The first-order chi connectivity index (χ1) is 4.87. The Bertz CT molecular complexity index is 145. The molecule has 12 heavy (non-hydrogen) atoms. The van der Waals surface area contributed by atoms with Crippen LogP contribution < -0.4 is 24.0 Å². The van der Waals surface area contributed by atoms with Gasteiger partial charge in [0.25, 0.3) is 0 Å². The number of hydrogen-bond acceptors (Lipinski definition) is 2. The highest BCUT2D eigenvalue weighted by Crippen LogP contribution is 1.98. The maximum absolute atomic E-state index is 10.9. The van der Waals surface area contributed by atoms with E-state index in [0.29, 0.717) is 15.5 Å². The van der Waals surface area contributed by atoms with Crippen LogP contribution in [-0.4, -0.2) is 53.6 Å². The number of carbonyl (C=O) groups is 1. The summed E-state index contributed by atoms with van der Waals surface area (Å²) in [6.45, 7) is 0.488. The van der Waals surface area contributed by atoms with Gasteiger partial charge in [0.05, 0.1) is 25.6 Å². The zero-order chi connectivity index (χ0) is 9.07. The zero-order valence-corrected chi connectivity index (χ0v) is 11.9. The van der Waals surface area contributed by atoms with Gasteiger partial charge in [-0.05, 0) is 0 Å². The van der Waals surface area contributed by atoms with Gasteiger partial charge in [0.2, 0.25) is 0 Å². The Morgan fingerprint density at radius 1 is 1.50 bits per heavy atom. The van der Waals surface area contributed by atoms with E-state index in [0.717, 1.165) is 0 Å². The van der Waals surface area contributed by atoms with Crippen molar-refractivity contribution in [1.82, 2.24) is 0 Å². The molecule has 0 aliphatic rings. The predicted molar refractivity (Wildman–Crippen MR) is 52.8 cm³/mol. The van der Waals surface area contributed by atoms with Crippen molar-refractivity contribution < 1.29 is 38.4 Å². The van der Waals surface area contributed by atoms with Crippen molar-refractivity contribution in [3.8, 4) is 0 Å².